The lowest BCUT2D eigenvalue weighted by atomic mass is 10.1. The first-order valence-electron chi connectivity index (χ1n) is 10.1. The van der Waals surface area contributed by atoms with Gasteiger partial charge >= 0.3 is 0 Å². The maximum absolute atomic E-state index is 5.49. The van der Waals surface area contributed by atoms with Crippen LogP contribution in [0.1, 0.15) is 17.5 Å². The van der Waals surface area contributed by atoms with E-state index >= 15 is 0 Å². The Labute approximate surface area is 161 Å². The van der Waals surface area contributed by atoms with Gasteiger partial charge in [0.25, 0.3) is 0 Å². The monoisotopic (exact) mass is 369 g/mol. The van der Waals surface area contributed by atoms with E-state index in [0.29, 0.717) is 6.04 Å². The number of nitrogens with one attached hydrogen (secondary N) is 2. The van der Waals surface area contributed by atoms with Crippen molar-refractivity contribution in [3.63, 3.8) is 0 Å². The van der Waals surface area contributed by atoms with Crippen LogP contribution in [0.25, 0.3) is 10.9 Å². The van der Waals surface area contributed by atoms with E-state index in [0.717, 1.165) is 58.3 Å². The van der Waals surface area contributed by atoms with Gasteiger partial charge in [0.1, 0.15) is 0 Å². The highest BCUT2D eigenvalue weighted by Gasteiger charge is 2.30. The second-order valence-corrected chi connectivity index (χ2v) is 7.57. The number of likely N-dealkylation sites (tertiary alicyclic amines) is 1. The largest absolute Gasteiger partial charge is 0.379 e. The number of aryl methyl sites for hydroxylation is 1. The summed E-state index contributed by atoms with van der Waals surface area (Å²) in [4.78, 5) is 12.9. The molecule has 1 aromatic heterocycles. The summed E-state index contributed by atoms with van der Waals surface area (Å²) in [7, 11) is 1.89. The molecular weight excluding hydrogens is 338 g/mol. The topological polar surface area (TPSA) is 55.9 Å². The third kappa shape index (κ3) is 3.96. The number of aromatic amines is 1. The number of aromatic nitrogens is 1. The quantitative estimate of drug-likeness (QED) is 0.639. The molecule has 1 unspecified atom stereocenters. The number of hydrogen-bond donors (Lipinski definition) is 2. The molecule has 0 radical (unpaired) electrons. The number of fused-ring (bicyclic) bond motifs is 1. The van der Waals surface area contributed by atoms with Crippen LogP contribution in [0.5, 0.6) is 0 Å². The molecule has 0 aliphatic carbocycles. The Morgan fingerprint density at radius 1 is 1.30 bits per heavy atom. The minimum atomic E-state index is 0.629. The summed E-state index contributed by atoms with van der Waals surface area (Å²) in [5.74, 6) is 1.03. The van der Waals surface area contributed by atoms with Gasteiger partial charge in [0.2, 0.25) is 0 Å². The zero-order chi connectivity index (χ0) is 18.6. The Bertz CT molecular complexity index is 793. The highest BCUT2D eigenvalue weighted by atomic mass is 16.5. The normalized spacial score (nSPS) is 21.9. The summed E-state index contributed by atoms with van der Waals surface area (Å²) >= 11 is 0. The van der Waals surface area contributed by atoms with Crippen molar-refractivity contribution in [2.24, 2.45) is 4.99 Å². The zero-order valence-corrected chi connectivity index (χ0v) is 16.5. The second-order valence-electron chi connectivity index (χ2n) is 7.57. The first-order chi connectivity index (χ1) is 13.3. The first-order valence-corrected chi connectivity index (χ1v) is 10.1. The third-order valence-corrected chi connectivity index (χ3v) is 5.92. The van der Waals surface area contributed by atoms with Gasteiger partial charge in [-0.05, 0) is 30.9 Å². The van der Waals surface area contributed by atoms with Crippen LogP contribution in [0.3, 0.4) is 0 Å². The summed E-state index contributed by atoms with van der Waals surface area (Å²) in [6.45, 7) is 9.04. The lowest BCUT2D eigenvalue weighted by Gasteiger charge is -2.32. The molecule has 4 rings (SSSR count). The van der Waals surface area contributed by atoms with Crippen molar-refractivity contribution in [1.29, 1.82) is 0 Å². The van der Waals surface area contributed by atoms with Crippen molar-refractivity contribution in [2.75, 3.05) is 53.0 Å². The molecule has 3 heterocycles. The highest BCUT2D eigenvalue weighted by molar-refractivity contribution is 5.86. The fraction of sp³-hybridized carbons (Fsp3) is 0.571. The molecule has 2 aliphatic heterocycles. The Kier molecular flexibility index (Phi) is 5.64. The van der Waals surface area contributed by atoms with E-state index in [2.05, 4.69) is 56.4 Å². The predicted octanol–water partition coefficient (Wildman–Crippen LogP) is 2.00. The van der Waals surface area contributed by atoms with Crippen LogP contribution >= 0.6 is 0 Å². The molecule has 0 amide bonds. The van der Waals surface area contributed by atoms with Crippen molar-refractivity contribution in [3.05, 3.63) is 35.5 Å². The molecule has 2 aromatic rings. The molecule has 2 aliphatic rings. The van der Waals surface area contributed by atoms with Crippen LogP contribution < -0.4 is 5.32 Å². The minimum Gasteiger partial charge on any atom is -0.379 e. The van der Waals surface area contributed by atoms with E-state index in [9.17, 15) is 0 Å². The van der Waals surface area contributed by atoms with Gasteiger partial charge in [-0.2, -0.15) is 0 Å². The van der Waals surface area contributed by atoms with Gasteiger partial charge in [-0.3, -0.25) is 9.89 Å². The maximum atomic E-state index is 5.49. The summed E-state index contributed by atoms with van der Waals surface area (Å²) in [6.07, 6.45) is 4.35. The lowest BCUT2D eigenvalue weighted by Crippen LogP contribution is -2.46. The summed E-state index contributed by atoms with van der Waals surface area (Å²) in [6, 6.07) is 7.12. The van der Waals surface area contributed by atoms with Crippen molar-refractivity contribution >= 4 is 16.9 Å². The van der Waals surface area contributed by atoms with Crippen LogP contribution in [0.4, 0.5) is 0 Å². The molecular formula is C21H31N5O. The Balaban J connectivity index is 1.31. The minimum absolute atomic E-state index is 0.629. The smallest absolute Gasteiger partial charge is 0.193 e. The number of hydrogen-bond acceptors (Lipinski definition) is 3. The Morgan fingerprint density at radius 2 is 2.15 bits per heavy atom. The van der Waals surface area contributed by atoms with Crippen LogP contribution in [0, 0.1) is 6.92 Å². The number of nitrogens with zero attached hydrogens (tertiary/aromatic N) is 3. The average Bonchev–Trinajstić information content (AvgIpc) is 3.34. The number of morpholine rings is 1. The zero-order valence-electron chi connectivity index (χ0n) is 16.5. The molecule has 1 atom stereocenters. The lowest BCUT2D eigenvalue weighted by molar-refractivity contribution is 0.0195. The van der Waals surface area contributed by atoms with Crippen LogP contribution in [0.2, 0.25) is 0 Å². The standard InChI is InChI=1S/C21H31N5O/c1-16-4-3-5-19-17(14-24-20(16)19)6-8-23-21(22-2)26-9-7-18(15-26)25-10-12-27-13-11-25/h3-5,14,18,24H,6-13,15H2,1-2H3,(H,22,23). The predicted molar refractivity (Wildman–Crippen MR) is 110 cm³/mol. The Morgan fingerprint density at radius 3 is 2.96 bits per heavy atom. The van der Waals surface area contributed by atoms with Crippen molar-refractivity contribution in [3.8, 4) is 0 Å². The number of benzene rings is 1. The summed E-state index contributed by atoms with van der Waals surface area (Å²) in [5.41, 5.74) is 3.92. The van der Waals surface area contributed by atoms with Gasteiger partial charge in [0, 0.05) is 62.9 Å². The van der Waals surface area contributed by atoms with Gasteiger partial charge in [-0.25, -0.2) is 0 Å². The number of aliphatic imine (C=N–C) groups is 1. The van der Waals surface area contributed by atoms with E-state index in [-0.39, 0.29) is 0 Å². The molecule has 6 nitrogen and oxygen atoms in total. The van der Waals surface area contributed by atoms with Crippen molar-refractivity contribution in [2.45, 2.75) is 25.8 Å². The molecule has 2 saturated heterocycles. The van der Waals surface area contributed by atoms with Crippen LogP contribution in [0.15, 0.2) is 29.4 Å². The number of rotatable bonds is 4. The number of para-hydroxylation sites is 1. The molecule has 6 heteroatoms. The highest BCUT2D eigenvalue weighted by Crippen LogP contribution is 2.21. The number of guanidine groups is 1. The van der Waals surface area contributed by atoms with Gasteiger partial charge < -0.3 is 19.9 Å². The van der Waals surface area contributed by atoms with Crippen molar-refractivity contribution in [1.82, 2.24) is 20.1 Å². The van der Waals surface area contributed by atoms with E-state index in [1.54, 1.807) is 0 Å². The SMILES string of the molecule is CN=C(NCCc1c[nH]c2c(C)cccc12)N1CCC(N2CCOCC2)C1. The number of H-pyrrole nitrogens is 1. The molecule has 146 valence electrons. The van der Waals surface area contributed by atoms with Gasteiger partial charge in [0.15, 0.2) is 5.96 Å². The third-order valence-electron chi connectivity index (χ3n) is 5.92. The molecule has 0 spiro atoms. The van der Waals surface area contributed by atoms with E-state index in [1.807, 2.05) is 7.05 Å². The summed E-state index contributed by atoms with van der Waals surface area (Å²) in [5, 5.41) is 4.90. The molecule has 0 bridgehead atoms. The molecule has 2 N–H and O–H groups in total. The molecule has 0 saturated carbocycles. The fourth-order valence-electron chi connectivity index (χ4n) is 4.39. The average molecular weight is 370 g/mol. The van der Waals surface area contributed by atoms with Crippen molar-refractivity contribution < 1.29 is 4.74 Å². The van der Waals surface area contributed by atoms with E-state index in [1.165, 1.54) is 28.5 Å². The van der Waals surface area contributed by atoms with Crippen LogP contribution in [-0.4, -0.2) is 79.8 Å². The van der Waals surface area contributed by atoms with Gasteiger partial charge in [0.05, 0.1) is 13.2 Å². The maximum Gasteiger partial charge on any atom is 0.193 e. The van der Waals surface area contributed by atoms with Crippen LogP contribution in [-0.2, 0) is 11.2 Å². The number of ether oxygens (including phenoxy) is 1. The molecule has 2 fully saturated rings. The first kappa shape index (κ1) is 18.3. The van der Waals surface area contributed by atoms with Gasteiger partial charge in [-0.1, -0.05) is 18.2 Å². The Hall–Kier alpha value is -2.05. The van der Waals surface area contributed by atoms with Gasteiger partial charge in [-0.15, -0.1) is 0 Å². The van der Waals surface area contributed by atoms with E-state index < -0.39 is 0 Å². The summed E-state index contributed by atoms with van der Waals surface area (Å²) < 4.78 is 5.49. The fourth-order valence-corrected chi connectivity index (χ4v) is 4.39. The van der Waals surface area contributed by atoms with E-state index in [4.69, 9.17) is 4.74 Å². The second kappa shape index (κ2) is 8.31. The molecule has 27 heavy (non-hydrogen) atoms. The molecule has 1 aromatic carbocycles.